The molecule has 1 aliphatic rings. The summed E-state index contributed by atoms with van der Waals surface area (Å²) >= 11 is 6.10. The Kier molecular flexibility index (Phi) is 6.64. The number of methoxy groups -OCH3 is 1. The molecule has 2 rings (SSSR count). The number of amides is 3. The van der Waals surface area contributed by atoms with Gasteiger partial charge in [0.15, 0.2) is 0 Å². The smallest absolute Gasteiger partial charge is 0.321 e. The van der Waals surface area contributed by atoms with Crippen molar-refractivity contribution in [3.8, 4) is 0 Å². The minimum absolute atomic E-state index is 0.166. The van der Waals surface area contributed by atoms with Crippen molar-refractivity contribution in [2.24, 2.45) is 0 Å². The molecule has 0 aliphatic carbocycles. The SMILES string of the molecule is COCCNCCNC(=O)c1cc(N2CCNC2=O)ccc1Cl. The highest BCUT2D eigenvalue weighted by molar-refractivity contribution is 6.34. The van der Waals surface area contributed by atoms with Crippen LogP contribution in [0.25, 0.3) is 0 Å². The fourth-order valence-electron chi connectivity index (χ4n) is 2.23. The second-order valence-electron chi connectivity index (χ2n) is 5.05. The normalized spacial score (nSPS) is 14.0. The summed E-state index contributed by atoms with van der Waals surface area (Å²) in [4.78, 5) is 25.5. The highest BCUT2D eigenvalue weighted by atomic mass is 35.5. The van der Waals surface area contributed by atoms with Gasteiger partial charge in [-0.05, 0) is 18.2 Å². The molecule has 0 spiro atoms. The number of nitrogens with zero attached hydrogens (tertiary/aromatic N) is 1. The van der Waals surface area contributed by atoms with Crippen molar-refractivity contribution >= 4 is 29.2 Å². The Bertz CT molecular complexity index is 568. The first kappa shape index (κ1) is 17.5. The van der Waals surface area contributed by atoms with Crippen LogP contribution in [0.5, 0.6) is 0 Å². The third-order valence-electron chi connectivity index (χ3n) is 3.43. The second kappa shape index (κ2) is 8.71. The number of nitrogens with one attached hydrogen (secondary N) is 3. The Morgan fingerprint density at radius 3 is 2.91 bits per heavy atom. The molecule has 3 N–H and O–H groups in total. The number of benzene rings is 1. The van der Waals surface area contributed by atoms with Crippen LogP contribution in [0.2, 0.25) is 5.02 Å². The average molecular weight is 341 g/mol. The molecule has 1 aromatic rings. The van der Waals surface area contributed by atoms with Gasteiger partial charge in [0.1, 0.15) is 0 Å². The Labute approximate surface area is 140 Å². The van der Waals surface area contributed by atoms with E-state index in [1.807, 2.05) is 0 Å². The summed E-state index contributed by atoms with van der Waals surface area (Å²) in [5.74, 6) is -0.259. The third kappa shape index (κ3) is 4.82. The Morgan fingerprint density at radius 2 is 2.22 bits per heavy atom. The van der Waals surface area contributed by atoms with Gasteiger partial charge in [0.05, 0.1) is 17.2 Å². The molecule has 126 valence electrons. The molecule has 1 aromatic carbocycles. The van der Waals surface area contributed by atoms with E-state index < -0.39 is 0 Å². The number of hydrogen-bond donors (Lipinski definition) is 3. The lowest BCUT2D eigenvalue weighted by atomic mass is 10.1. The fraction of sp³-hybridized carbons (Fsp3) is 0.467. The number of hydrogen-bond acceptors (Lipinski definition) is 4. The van der Waals surface area contributed by atoms with E-state index in [2.05, 4.69) is 16.0 Å². The number of halogens is 1. The van der Waals surface area contributed by atoms with Crippen molar-refractivity contribution in [3.63, 3.8) is 0 Å². The molecular formula is C15H21ClN4O3. The lowest BCUT2D eigenvalue weighted by molar-refractivity contribution is 0.0954. The number of carbonyl (C=O) groups excluding carboxylic acids is 2. The van der Waals surface area contributed by atoms with E-state index in [9.17, 15) is 9.59 Å². The summed E-state index contributed by atoms with van der Waals surface area (Å²) in [6.07, 6.45) is 0. The molecule has 3 amide bonds. The van der Waals surface area contributed by atoms with Crippen molar-refractivity contribution in [3.05, 3.63) is 28.8 Å². The minimum atomic E-state index is -0.259. The van der Waals surface area contributed by atoms with Crippen molar-refractivity contribution in [2.75, 3.05) is 51.3 Å². The Morgan fingerprint density at radius 1 is 1.39 bits per heavy atom. The Hall–Kier alpha value is -1.83. The lowest BCUT2D eigenvalue weighted by Crippen LogP contribution is -2.33. The molecule has 0 radical (unpaired) electrons. The molecule has 8 heteroatoms. The number of carbonyl (C=O) groups is 2. The number of anilines is 1. The molecule has 1 heterocycles. The third-order valence-corrected chi connectivity index (χ3v) is 3.76. The predicted octanol–water partition coefficient (Wildman–Crippen LogP) is 0.835. The summed E-state index contributed by atoms with van der Waals surface area (Å²) < 4.78 is 4.92. The van der Waals surface area contributed by atoms with Crippen molar-refractivity contribution in [2.45, 2.75) is 0 Å². The van der Waals surface area contributed by atoms with Gasteiger partial charge in [-0.3, -0.25) is 9.69 Å². The van der Waals surface area contributed by atoms with Gasteiger partial charge in [0.2, 0.25) is 0 Å². The zero-order valence-corrected chi connectivity index (χ0v) is 13.8. The molecule has 0 bridgehead atoms. The van der Waals surface area contributed by atoms with Crippen LogP contribution >= 0.6 is 11.6 Å². The van der Waals surface area contributed by atoms with Gasteiger partial charge in [-0.1, -0.05) is 11.6 Å². The van der Waals surface area contributed by atoms with Crippen molar-refractivity contribution in [1.29, 1.82) is 0 Å². The van der Waals surface area contributed by atoms with Crippen LogP contribution in [0, 0.1) is 0 Å². The molecule has 1 fully saturated rings. The molecule has 1 aliphatic heterocycles. The number of ether oxygens (including phenoxy) is 1. The quantitative estimate of drug-likeness (QED) is 0.612. The van der Waals surface area contributed by atoms with Crippen molar-refractivity contribution in [1.82, 2.24) is 16.0 Å². The summed E-state index contributed by atoms with van der Waals surface area (Å²) in [5.41, 5.74) is 1.02. The molecule has 0 aromatic heterocycles. The molecule has 0 saturated carbocycles. The zero-order valence-electron chi connectivity index (χ0n) is 13.0. The summed E-state index contributed by atoms with van der Waals surface area (Å²) in [7, 11) is 1.64. The monoisotopic (exact) mass is 340 g/mol. The Balaban J connectivity index is 1.92. The maximum absolute atomic E-state index is 12.2. The van der Waals surface area contributed by atoms with Crippen LogP contribution in [0.15, 0.2) is 18.2 Å². The number of urea groups is 1. The van der Waals surface area contributed by atoms with Gasteiger partial charge < -0.3 is 20.7 Å². The van der Waals surface area contributed by atoms with E-state index >= 15 is 0 Å². The molecular weight excluding hydrogens is 320 g/mol. The predicted molar refractivity (Wildman–Crippen MR) is 89.3 cm³/mol. The van der Waals surface area contributed by atoms with Crippen molar-refractivity contribution < 1.29 is 14.3 Å². The molecule has 1 saturated heterocycles. The van der Waals surface area contributed by atoms with Crippen LogP contribution < -0.4 is 20.9 Å². The van der Waals surface area contributed by atoms with Crippen LogP contribution in [0.3, 0.4) is 0 Å². The maximum atomic E-state index is 12.2. The van der Waals surface area contributed by atoms with Crippen LogP contribution in [0.1, 0.15) is 10.4 Å². The first-order chi connectivity index (χ1) is 11.1. The van der Waals surface area contributed by atoms with Gasteiger partial charge in [0.25, 0.3) is 5.91 Å². The van der Waals surface area contributed by atoms with E-state index in [0.717, 1.165) is 6.54 Å². The van der Waals surface area contributed by atoms with Crippen LogP contribution in [-0.2, 0) is 4.74 Å². The minimum Gasteiger partial charge on any atom is -0.383 e. The zero-order chi connectivity index (χ0) is 16.7. The van der Waals surface area contributed by atoms with E-state index in [4.69, 9.17) is 16.3 Å². The lowest BCUT2D eigenvalue weighted by Gasteiger charge is -2.16. The number of rotatable bonds is 8. The standard InChI is InChI=1S/C15H21ClN4O3/c1-23-9-7-17-4-5-18-14(21)12-10-11(2-3-13(12)16)20-8-6-19-15(20)22/h2-3,10,17H,4-9H2,1H3,(H,18,21)(H,19,22). The molecule has 7 nitrogen and oxygen atoms in total. The maximum Gasteiger partial charge on any atom is 0.321 e. The second-order valence-corrected chi connectivity index (χ2v) is 5.45. The first-order valence-electron chi connectivity index (χ1n) is 7.46. The topological polar surface area (TPSA) is 82.7 Å². The molecule has 23 heavy (non-hydrogen) atoms. The van der Waals surface area contributed by atoms with E-state index in [0.29, 0.717) is 49.1 Å². The van der Waals surface area contributed by atoms with Gasteiger partial charge in [-0.15, -0.1) is 0 Å². The van der Waals surface area contributed by atoms with Gasteiger partial charge in [-0.25, -0.2) is 4.79 Å². The highest BCUT2D eigenvalue weighted by Gasteiger charge is 2.22. The average Bonchev–Trinajstić information content (AvgIpc) is 2.97. The largest absolute Gasteiger partial charge is 0.383 e. The van der Waals surface area contributed by atoms with E-state index in [1.165, 1.54) is 0 Å². The summed E-state index contributed by atoms with van der Waals surface area (Å²) in [6.45, 7) is 3.64. The summed E-state index contributed by atoms with van der Waals surface area (Å²) in [6, 6.07) is 4.84. The van der Waals surface area contributed by atoms with E-state index in [1.54, 1.807) is 30.2 Å². The van der Waals surface area contributed by atoms with Crippen LogP contribution in [-0.4, -0.2) is 58.4 Å². The van der Waals surface area contributed by atoms with Gasteiger partial charge in [0, 0.05) is 45.5 Å². The van der Waals surface area contributed by atoms with Gasteiger partial charge >= 0.3 is 6.03 Å². The fourth-order valence-corrected chi connectivity index (χ4v) is 2.44. The highest BCUT2D eigenvalue weighted by Crippen LogP contribution is 2.24. The molecule has 0 atom stereocenters. The molecule has 0 unspecified atom stereocenters. The first-order valence-corrected chi connectivity index (χ1v) is 7.84. The van der Waals surface area contributed by atoms with E-state index in [-0.39, 0.29) is 11.9 Å². The summed E-state index contributed by atoms with van der Waals surface area (Å²) in [5, 5.41) is 9.02. The van der Waals surface area contributed by atoms with Crippen LogP contribution in [0.4, 0.5) is 10.5 Å². The van der Waals surface area contributed by atoms with Gasteiger partial charge in [-0.2, -0.15) is 0 Å².